The predicted octanol–water partition coefficient (Wildman–Crippen LogP) is 4.97. The van der Waals surface area contributed by atoms with Crippen molar-refractivity contribution in [1.82, 2.24) is 20.0 Å². The molecule has 0 unspecified atom stereocenters. The van der Waals surface area contributed by atoms with Crippen molar-refractivity contribution in [2.45, 2.75) is 57.7 Å². The monoisotopic (exact) mass is 446 g/mol. The lowest BCUT2D eigenvalue weighted by atomic mass is 9.79. The molecule has 0 aliphatic carbocycles. The fourth-order valence-electron chi connectivity index (χ4n) is 4.38. The Bertz CT molecular complexity index is 948. The average Bonchev–Trinajstić information content (AvgIpc) is 3.04. The number of halogens is 1. The van der Waals surface area contributed by atoms with Crippen LogP contribution in [0, 0.1) is 10.8 Å². The van der Waals surface area contributed by atoms with Crippen LogP contribution < -0.4 is 5.32 Å². The van der Waals surface area contributed by atoms with Crippen LogP contribution in [0.4, 0.5) is 0 Å². The van der Waals surface area contributed by atoms with Crippen molar-refractivity contribution < 1.29 is 0 Å². The number of nitrogens with one attached hydrogen (secondary N) is 3. The SMILES string of the molecule is CN(C(=N)SC(=N)c1ccc(-c2cnn(C)c2)cc1Cl)C1CC(C)(C)NC(C)(C)C1. The second-order valence-electron chi connectivity index (χ2n) is 9.40. The van der Waals surface area contributed by atoms with Crippen molar-refractivity contribution in [3.63, 3.8) is 0 Å². The summed E-state index contributed by atoms with van der Waals surface area (Å²) in [6.07, 6.45) is 5.61. The van der Waals surface area contributed by atoms with Crippen LogP contribution in [0.1, 0.15) is 46.1 Å². The number of benzene rings is 1. The van der Waals surface area contributed by atoms with Crippen LogP contribution in [0.15, 0.2) is 30.6 Å². The highest BCUT2D eigenvalue weighted by molar-refractivity contribution is 8.26. The number of amidine groups is 1. The topological polar surface area (TPSA) is 80.8 Å². The Morgan fingerprint density at radius 1 is 1.20 bits per heavy atom. The number of rotatable bonds is 3. The minimum absolute atomic E-state index is 0.00453. The van der Waals surface area contributed by atoms with Crippen molar-refractivity contribution in [2.75, 3.05) is 7.05 Å². The average molecular weight is 447 g/mol. The third kappa shape index (κ3) is 5.25. The van der Waals surface area contributed by atoms with E-state index in [1.165, 1.54) is 0 Å². The lowest BCUT2D eigenvalue weighted by molar-refractivity contribution is 0.114. The first-order chi connectivity index (χ1) is 13.9. The number of nitrogens with zero attached hydrogens (tertiary/aromatic N) is 3. The normalized spacial score (nSPS) is 18.2. The van der Waals surface area contributed by atoms with E-state index in [1.807, 2.05) is 43.4 Å². The van der Waals surface area contributed by atoms with Crippen molar-refractivity contribution >= 4 is 33.6 Å². The van der Waals surface area contributed by atoms with E-state index in [0.717, 1.165) is 35.7 Å². The molecule has 6 nitrogen and oxygen atoms in total. The summed E-state index contributed by atoms with van der Waals surface area (Å²) >= 11 is 7.64. The zero-order valence-corrected chi connectivity index (χ0v) is 20.1. The summed E-state index contributed by atoms with van der Waals surface area (Å²) < 4.78 is 1.75. The van der Waals surface area contributed by atoms with Gasteiger partial charge < -0.3 is 10.2 Å². The third-order valence-electron chi connectivity index (χ3n) is 5.49. The smallest absolute Gasteiger partial charge is 0.162 e. The van der Waals surface area contributed by atoms with Crippen molar-refractivity contribution in [2.24, 2.45) is 7.05 Å². The van der Waals surface area contributed by atoms with Gasteiger partial charge in [0.05, 0.1) is 11.2 Å². The van der Waals surface area contributed by atoms with Gasteiger partial charge in [0, 0.05) is 48.5 Å². The first-order valence-corrected chi connectivity index (χ1v) is 11.2. The van der Waals surface area contributed by atoms with Gasteiger partial charge in [0.25, 0.3) is 0 Å². The molecule has 162 valence electrons. The summed E-state index contributed by atoms with van der Waals surface area (Å²) in [4.78, 5) is 2.00. The molecule has 0 bridgehead atoms. The molecule has 8 heteroatoms. The van der Waals surface area contributed by atoms with Gasteiger partial charge in [0.15, 0.2) is 5.17 Å². The minimum atomic E-state index is 0.00453. The highest BCUT2D eigenvalue weighted by Gasteiger charge is 2.39. The molecule has 0 spiro atoms. The Morgan fingerprint density at radius 3 is 2.37 bits per heavy atom. The molecule has 0 saturated carbocycles. The van der Waals surface area contributed by atoms with Crippen molar-refractivity contribution in [3.05, 3.63) is 41.2 Å². The summed E-state index contributed by atoms with van der Waals surface area (Å²) in [5, 5.41) is 26.1. The van der Waals surface area contributed by atoms with E-state index in [2.05, 4.69) is 38.1 Å². The summed E-state index contributed by atoms with van der Waals surface area (Å²) in [7, 11) is 3.83. The summed E-state index contributed by atoms with van der Waals surface area (Å²) in [5.74, 6) is 0. The summed E-state index contributed by atoms with van der Waals surface area (Å²) in [6, 6.07) is 5.89. The molecule has 1 aliphatic heterocycles. The van der Waals surface area contributed by atoms with Gasteiger partial charge in [-0.1, -0.05) is 23.7 Å². The van der Waals surface area contributed by atoms with Crippen molar-refractivity contribution in [3.8, 4) is 11.1 Å². The molecule has 1 saturated heterocycles. The zero-order chi connectivity index (χ0) is 22.3. The maximum atomic E-state index is 8.59. The first-order valence-electron chi connectivity index (χ1n) is 10.0. The van der Waals surface area contributed by atoms with Crippen LogP contribution in [0.5, 0.6) is 0 Å². The molecule has 1 aromatic carbocycles. The van der Waals surface area contributed by atoms with Crippen LogP contribution in [0.2, 0.25) is 5.02 Å². The van der Waals surface area contributed by atoms with E-state index in [4.69, 9.17) is 22.4 Å². The Labute approximate surface area is 188 Å². The molecule has 1 aliphatic rings. The van der Waals surface area contributed by atoms with Gasteiger partial charge in [-0.3, -0.25) is 15.5 Å². The molecular weight excluding hydrogens is 416 g/mol. The zero-order valence-electron chi connectivity index (χ0n) is 18.5. The highest BCUT2D eigenvalue weighted by Crippen LogP contribution is 2.33. The lowest BCUT2D eigenvalue weighted by Crippen LogP contribution is -2.62. The van der Waals surface area contributed by atoms with Crippen LogP contribution in [0.25, 0.3) is 11.1 Å². The van der Waals surface area contributed by atoms with Crippen LogP contribution >= 0.6 is 23.4 Å². The van der Waals surface area contributed by atoms with Gasteiger partial charge >= 0.3 is 0 Å². The van der Waals surface area contributed by atoms with Gasteiger partial charge in [0.1, 0.15) is 5.04 Å². The molecule has 2 heterocycles. The number of thioether (sulfide) groups is 1. The van der Waals surface area contributed by atoms with Gasteiger partial charge in [-0.15, -0.1) is 0 Å². The predicted molar refractivity (Wildman–Crippen MR) is 128 cm³/mol. The molecule has 0 atom stereocenters. The second kappa shape index (κ2) is 8.36. The highest BCUT2D eigenvalue weighted by atomic mass is 35.5. The van der Waals surface area contributed by atoms with E-state index < -0.39 is 0 Å². The number of aryl methyl sites for hydroxylation is 1. The van der Waals surface area contributed by atoms with Gasteiger partial charge in [-0.25, -0.2) is 0 Å². The second-order valence-corrected chi connectivity index (χ2v) is 10.8. The summed E-state index contributed by atoms with van der Waals surface area (Å²) in [6.45, 7) is 8.82. The molecule has 1 fully saturated rings. The maximum Gasteiger partial charge on any atom is 0.162 e. The van der Waals surface area contributed by atoms with E-state index in [-0.39, 0.29) is 22.2 Å². The van der Waals surface area contributed by atoms with E-state index in [0.29, 0.717) is 15.8 Å². The van der Waals surface area contributed by atoms with E-state index in [1.54, 1.807) is 10.9 Å². The minimum Gasteiger partial charge on any atom is -0.351 e. The van der Waals surface area contributed by atoms with E-state index in [9.17, 15) is 0 Å². The van der Waals surface area contributed by atoms with Crippen LogP contribution in [-0.2, 0) is 7.05 Å². The number of aromatic nitrogens is 2. The van der Waals surface area contributed by atoms with Gasteiger partial charge in [-0.05, 0) is 63.9 Å². The molecular formula is C22H31ClN6S. The van der Waals surface area contributed by atoms with Crippen LogP contribution in [-0.4, -0.2) is 49.1 Å². The first kappa shape index (κ1) is 22.8. The van der Waals surface area contributed by atoms with Crippen molar-refractivity contribution in [1.29, 1.82) is 10.8 Å². The van der Waals surface area contributed by atoms with Gasteiger partial charge in [-0.2, -0.15) is 5.10 Å². The number of piperidine rings is 1. The molecule has 3 N–H and O–H groups in total. The summed E-state index contributed by atoms with van der Waals surface area (Å²) in [5.41, 5.74) is 2.59. The van der Waals surface area contributed by atoms with Gasteiger partial charge in [0.2, 0.25) is 0 Å². The van der Waals surface area contributed by atoms with E-state index >= 15 is 0 Å². The number of hydrogen-bond acceptors (Lipinski definition) is 5. The largest absolute Gasteiger partial charge is 0.351 e. The number of hydrogen-bond donors (Lipinski definition) is 3. The fourth-order valence-corrected chi connectivity index (χ4v) is 5.49. The lowest BCUT2D eigenvalue weighted by Gasteiger charge is -2.49. The quantitative estimate of drug-likeness (QED) is 0.459. The molecule has 2 aromatic rings. The molecule has 3 rings (SSSR count). The Hall–Kier alpha value is -1.83. The Morgan fingerprint density at radius 2 is 1.83 bits per heavy atom. The maximum absolute atomic E-state index is 8.59. The van der Waals surface area contributed by atoms with Crippen LogP contribution in [0.3, 0.4) is 0 Å². The Kier molecular flexibility index (Phi) is 6.37. The fraction of sp³-hybridized carbons (Fsp3) is 0.500. The Balaban J connectivity index is 1.70. The standard InChI is InChI=1S/C22H31ClN6S/c1-21(2)10-16(11-22(3,4)27-21)29(6)20(25)30-19(24)17-8-7-14(9-18(17)23)15-12-26-28(5)13-15/h7-9,12-13,16,24-25,27H,10-11H2,1-6H3. The molecule has 30 heavy (non-hydrogen) atoms. The molecule has 0 radical (unpaired) electrons. The molecule has 1 aromatic heterocycles. The third-order valence-corrected chi connectivity index (χ3v) is 6.71. The molecule has 0 amide bonds.